The molecule has 0 bridgehead atoms. The maximum atomic E-state index is 13.0. The highest BCUT2D eigenvalue weighted by Gasteiger charge is 2.29. The van der Waals surface area contributed by atoms with Crippen LogP contribution in [0.1, 0.15) is 46.4 Å². The molecule has 6 heteroatoms. The molecule has 1 aliphatic rings. The number of hydrogen-bond donors (Lipinski definition) is 2. The van der Waals surface area contributed by atoms with Gasteiger partial charge in [0.2, 0.25) is 0 Å². The molecule has 2 amide bonds. The van der Waals surface area contributed by atoms with Crippen molar-refractivity contribution in [1.29, 1.82) is 0 Å². The normalized spacial score (nSPS) is 17.6. The van der Waals surface area contributed by atoms with Gasteiger partial charge in [-0.2, -0.15) is 0 Å². The first kappa shape index (κ1) is 23.1. The molecule has 6 nitrogen and oxygen atoms in total. The van der Waals surface area contributed by atoms with Crippen LogP contribution in [0, 0.1) is 0 Å². The van der Waals surface area contributed by atoms with Crippen molar-refractivity contribution in [3.63, 3.8) is 0 Å². The molecule has 168 valence electrons. The monoisotopic (exact) mass is 434 g/mol. The highest BCUT2D eigenvalue weighted by molar-refractivity contribution is 5.98. The summed E-state index contributed by atoms with van der Waals surface area (Å²) in [4.78, 5) is 26.0. The number of carbonyl (C=O) groups is 2. The first-order chi connectivity index (χ1) is 15.6. The largest absolute Gasteiger partial charge is 0.489 e. The second-order valence-electron chi connectivity index (χ2n) is 7.64. The second-order valence-corrected chi connectivity index (χ2v) is 7.64. The molecule has 0 radical (unpaired) electrons. The van der Waals surface area contributed by atoms with Gasteiger partial charge in [0.15, 0.2) is 0 Å². The molecule has 0 saturated heterocycles. The topological polar surface area (TPSA) is 76.7 Å². The van der Waals surface area contributed by atoms with E-state index in [-0.39, 0.29) is 23.9 Å². The Morgan fingerprint density at radius 3 is 1.59 bits per heavy atom. The predicted molar refractivity (Wildman–Crippen MR) is 125 cm³/mol. The van der Waals surface area contributed by atoms with Gasteiger partial charge in [0.25, 0.3) is 11.8 Å². The molecule has 0 aromatic heterocycles. The van der Waals surface area contributed by atoms with Crippen molar-refractivity contribution in [3.05, 3.63) is 85.0 Å². The molecule has 1 aliphatic carbocycles. The summed E-state index contributed by atoms with van der Waals surface area (Å²) in [5.74, 6) is 0.584. The number of amides is 2. The molecule has 2 aromatic rings. The third-order valence-corrected chi connectivity index (χ3v) is 5.38. The van der Waals surface area contributed by atoms with Crippen LogP contribution in [-0.2, 0) is 0 Å². The second kappa shape index (κ2) is 11.7. The lowest BCUT2D eigenvalue weighted by atomic mass is 9.89. The minimum absolute atomic E-state index is 0.172. The van der Waals surface area contributed by atoms with Gasteiger partial charge in [-0.15, -0.1) is 0 Å². The number of nitrogens with one attached hydrogen (secondary N) is 2. The zero-order valence-electron chi connectivity index (χ0n) is 18.2. The summed E-state index contributed by atoms with van der Waals surface area (Å²) < 4.78 is 11.2. The van der Waals surface area contributed by atoms with E-state index < -0.39 is 0 Å². The maximum absolute atomic E-state index is 13.0. The molecule has 0 heterocycles. The third-order valence-electron chi connectivity index (χ3n) is 5.38. The van der Waals surface area contributed by atoms with E-state index in [1.54, 1.807) is 48.6 Å². The zero-order chi connectivity index (χ0) is 22.8. The van der Waals surface area contributed by atoms with E-state index in [4.69, 9.17) is 9.47 Å². The van der Waals surface area contributed by atoms with Gasteiger partial charge in [0.1, 0.15) is 24.7 Å². The van der Waals surface area contributed by atoms with Crippen LogP contribution in [0.5, 0.6) is 11.5 Å². The lowest BCUT2D eigenvalue weighted by Crippen LogP contribution is -2.53. The van der Waals surface area contributed by atoms with Gasteiger partial charge in [-0.05, 0) is 37.1 Å². The van der Waals surface area contributed by atoms with Gasteiger partial charge in [-0.3, -0.25) is 9.59 Å². The number of carbonyl (C=O) groups excluding carboxylic acids is 2. The molecule has 0 unspecified atom stereocenters. The average molecular weight is 435 g/mol. The van der Waals surface area contributed by atoms with Gasteiger partial charge in [0, 0.05) is 12.1 Å². The Balaban J connectivity index is 1.71. The smallest absolute Gasteiger partial charge is 0.255 e. The fraction of sp³-hybridized carbons (Fsp3) is 0.308. The zero-order valence-corrected chi connectivity index (χ0v) is 18.2. The van der Waals surface area contributed by atoms with Gasteiger partial charge >= 0.3 is 0 Å². The van der Waals surface area contributed by atoms with Crippen molar-refractivity contribution >= 4 is 11.8 Å². The van der Waals surface area contributed by atoms with Crippen molar-refractivity contribution in [2.24, 2.45) is 0 Å². The molecule has 0 spiro atoms. The Morgan fingerprint density at radius 2 is 1.19 bits per heavy atom. The first-order valence-electron chi connectivity index (χ1n) is 10.9. The fourth-order valence-corrected chi connectivity index (χ4v) is 3.83. The van der Waals surface area contributed by atoms with Crippen LogP contribution in [0.2, 0.25) is 0 Å². The average Bonchev–Trinajstić information content (AvgIpc) is 2.83. The van der Waals surface area contributed by atoms with Gasteiger partial charge < -0.3 is 20.1 Å². The van der Waals surface area contributed by atoms with Crippen molar-refractivity contribution in [2.75, 3.05) is 13.2 Å². The lowest BCUT2D eigenvalue weighted by Gasteiger charge is -2.33. The summed E-state index contributed by atoms with van der Waals surface area (Å²) in [6, 6.07) is 13.9. The SMILES string of the molecule is C=CCOc1ccccc1C(=O)N[C@@H]1CCCC[C@H]1NC(=O)c1ccccc1OCC=C. The van der Waals surface area contributed by atoms with Crippen LogP contribution in [0.4, 0.5) is 0 Å². The Morgan fingerprint density at radius 1 is 0.781 bits per heavy atom. The van der Waals surface area contributed by atoms with Crippen LogP contribution in [0.15, 0.2) is 73.8 Å². The number of para-hydroxylation sites is 2. The number of rotatable bonds is 10. The number of hydrogen-bond acceptors (Lipinski definition) is 4. The van der Waals surface area contributed by atoms with E-state index >= 15 is 0 Å². The van der Waals surface area contributed by atoms with Crippen molar-refractivity contribution < 1.29 is 19.1 Å². The van der Waals surface area contributed by atoms with Crippen molar-refractivity contribution in [1.82, 2.24) is 10.6 Å². The summed E-state index contributed by atoms with van der Waals surface area (Å²) in [7, 11) is 0. The highest BCUT2D eigenvalue weighted by Crippen LogP contribution is 2.24. The molecule has 2 aromatic carbocycles. The molecule has 0 aliphatic heterocycles. The van der Waals surface area contributed by atoms with E-state index in [0.29, 0.717) is 35.8 Å². The molecular weight excluding hydrogens is 404 g/mol. The van der Waals surface area contributed by atoms with Gasteiger partial charge in [0.05, 0.1) is 11.1 Å². The predicted octanol–water partition coefficient (Wildman–Crippen LogP) is 4.29. The van der Waals surface area contributed by atoms with Crippen LogP contribution in [0.25, 0.3) is 0 Å². The number of benzene rings is 2. The van der Waals surface area contributed by atoms with E-state index in [1.807, 2.05) is 12.1 Å². The van der Waals surface area contributed by atoms with Gasteiger partial charge in [-0.1, -0.05) is 62.4 Å². The summed E-state index contributed by atoms with van der Waals surface area (Å²) in [5, 5.41) is 6.21. The van der Waals surface area contributed by atoms with Crippen molar-refractivity contribution in [3.8, 4) is 11.5 Å². The van der Waals surface area contributed by atoms with Crippen LogP contribution in [0.3, 0.4) is 0 Å². The summed E-state index contributed by atoms with van der Waals surface area (Å²) >= 11 is 0. The Kier molecular flexibility index (Phi) is 8.49. The molecule has 1 fully saturated rings. The molecule has 3 rings (SSSR count). The third kappa shape index (κ3) is 6.00. The molecule has 32 heavy (non-hydrogen) atoms. The summed E-state index contributed by atoms with van der Waals surface area (Å²) in [6.45, 7) is 7.94. The summed E-state index contributed by atoms with van der Waals surface area (Å²) in [6.07, 6.45) is 6.84. The van der Waals surface area contributed by atoms with E-state index in [2.05, 4.69) is 23.8 Å². The van der Waals surface area contributed by atoms with Crippen LogP contribution >= 0.6 is 0 Å². The van der Waals surface area contributed by atoms with E-state index in [1.165, 1.54) is 0 Å². The Bertz CT molecular complexity index is 879. The van der Waals surface area contributed by atoms with Gasteiger partial charge in [-0.25, -0.2) is 0 Å². The molecular formula is C26H30N2O4. The molecule has 2 atom stereocenters. The van der Waals surface area contributed by atoms with Crippen molar-refractivity contribution in [2.45, 2.75) is 37.8 Å². The fourth-order valence-electron chi connectivity index (χ4n) is 3.83. The van der Waals surface area contributed by atoms with Crippen LogP contribution < -0.4 is 20.1 Å². The number of ether oxygens (including phenoxy) is 2. The highest BCUT2D eigenvalue weighted by atomic mass is 16.5. The Hall–Kier alpha value is -3.54. The first-order valence-corrected chi connectivity index (χ1v) is 10.9. The van der Waals surface area contributed by atoms with E-state index in [9.17, 15) is 9.59 Å². The lowest BCUT2D eigenvalue weighted by molar-refractivity contribution is 0.0859. The molecule has 1 saturated carbocycles. The maximum Gasteiger partial charge on any atom is 0.255 e. The standard InChI is InChI=1S/C26H30N2O4/c1-3-17-31-23-15-9-5-11-19(23)25(29)27-21-13-7-8-14-22(21)28-26(30)20-12-6-10-16-24(20)32-18-4-2/h3-6,9-12,15-16,21-22H,1-2,7-8,13-14,17-18H2,(H,27,29)(H,28,30)/t21-,22-/m1/s1. The minimum Gasteiger partial charge on any atom is -0.489 e. The quantitative estimate of drug-likeness (QED) is 0.547. The van der Waals surface area contributed by atoms with E-state index in [0.717, 1.165) is 25.7 Å². The summed E-state index contributed by atoms with van der Waals surface area (Å²) in [5.41, 5.74) is 0.932. The molecule has 2 N–H and O–H groups in total. The Labute approximate surface area is 189 Å². The minimum atomic E-state index is -0.217. The van der Waals surface area contributed by atoms with Crippen LogP contribution in [-0.4, -0.2) is 37.1 Å².